The molecule has 0 amide bonds. The van der Waals surface area contributed by atoms with Crippen LogP contribution in [0, 0.1) is 0 Å². The van der Waals surface area contributed by atoms with Gasteiger partial charge in [0.05, 0.1) is 6.54 Å². The van der Waals surface area contributed by atoms with Gasteiger partial charge >= 0.3 is 0 Å². The standard InChI is InChI=1S/C6H7N/c1-2-6-3-4-7-5-6/h2-3,5H,1,4H2. The largest absolute Gasteiger partial charge is 0.288 e. The zero-order valence-electron chi connectivity index (χ0n) is 4.09. The summed E-state index contributed by atoms with van der Waals surface area (Å²) in [6.45, 7) is 4.42. The predicted octanol–water partition coefficient (Wildman–Crippen LogP) is 1.18. The monoisotopic (exact) mass is 93.1 g/mol. The smallest absolute Gasteiger partial charge is 0.0579 e. The molecular formula is C6H7N. The Balaban J connectivity index is 2.69. The van der Waals surface area contributed by atoms with E-state index in [1.807, 2.05) is 12.3 Å². The Hall–Kier alpha value is -0.850. The summed E-state index contributed by atoms with van der Waals surface area (Å²) >= 11 is 0. The highest BCUT2D eigenvalue weighted by Gasteiger charge is 1.88. The molecule has 1 aliphatic heterocycles. The molecule has 1 heteroatoms. The molecule has 1 rings (SSSR count). The van der Waals surface area contributed by atoms with Gasteiger partial charge in [-0.3, -0.25) is 4.99 Å². The van der Waals surface area contributed by atoms with Crippen LogP contribution in [0.5, 0.6) is 0 Å². The SMILES string of the molecule is C=CC1=CCN=C1. The van der Waals surface area contributed by atoms with E-state index in [-0.39, 0.29) is 0 Å². The maximum atomic E-state index is 3.95. The highest BCUT2D eigenvalue weighted by Crippen LogP contribution is 1.96. The second-order valence-electron chi connectivity index (χ2n) is 1.40. The van der Waals surface area contributed by atoms with Gasteiger partial charge in [-0.25, -0.2) is 0 Å². The second kappa shape index (κ2) is 1.73. The Morgan fingerprint density at radius 1 is 1.86 bits per heavy atom. The summed E-state index contributed by atoms with van der Waals surface area (Å²) in [6, 6.07) is 0. The molecule has 0 aliphatic carbocycles. The number of nitrogens with zero attached hydrogens (tertiary/aromatic N) is 1. The van der Waals surface area contributed by atoms with Crippen molar-refractivity contribution in [1.29, 1.82) is 0 Å². The van der Waals surface area contributed by atoms with E-state index in [9.17, 15) is 0 Å². The molecule has 1 nitrogen and oxygen atoms in total. The first-order chi connectivity index (χ1) is 3.43. The highest BCUT2D eigenvalue weighted by molar-refractivity contribution is 5.84. The maximum absolute atomic E-state index is 3.95. The van der Waals surface area contributed by atoms with E-state index >= 15 is 0 Å². The van der Waals surface area contributed by atoms with Gasteiger partial charge in [0, 0.05) is 6.21 Å². The van der Waals surface area contributed by atoms with Crippen molar-refractivity contribution in [1.82, 2.24) is 0 Å². The Labute approximate surface area is 43.1 Å². The van der Waals surface area contributed by atoms with E-state index in [4.69, 9.17) is 0 Å². The molecule has 0 spiro atoms. The summed E-state index contributed by atoms with van der Waals surface area (Å²) in [7, 11) is 0. The molecule has 0 radical (unpaired) electrons. The van der Waals surface area contributed by atoms with Crippen LogP contribution in [0.2, 0.25) is 0 Å². The predicted molar refractivity (Wildman–Crippen MR) is 31.6 cm³/mol. The van der Waals surface area contributed by atoms with Crippen molar-refractivity contribution in [2.75, 3.05) is 6.54 Å². The molecule has 0 N–H and O–H groups in total. The number of rotatable bonds is 1. The summed E-state index contributed by atoms with van der Waals surface area (Å²) in [5.74, 6) is 0. The molecule has 0 unspecified atom stereocenters. The van der Waals surface area contributed by atoms with E-state index < -0.39 is 0 Å². The maximum Gasteiger partial charge on any atom is 0.0579 e. The number of hydrogen-bond acceptors (Lipinski definition) is 1. The van der Waals surface area contributed by atoms with E-state index in [2.05, 4.69) is 11.6 Å². The lowest BCUT2D eigenvalue weighted by atomic mass is 10.3. The van der Waals surface area contributed by atoms with Gasteiger partial charge in [0.2, 0.25) is 0 Å². The summed E-state index contributed by atoms with van der Waals surface area (Å²) in [5, 5.41) is 0. The summed E-state index contributed by atoms with van der Waals surface area (Å²) in [4.78, 5) is 3.95. The van der Waals surface area contributed by atoms with Gasteiger partial charge in [-0.2, -0.15) is 0 Å². The van der Waals surface area contributed by atoms with Crippen molar-refractivity contribution in [3.63, 3.8) is 0 Å². The van der Waals surface area contributed by atoms with Gasteiger partial charge in [-0.1, -0.05) is 18.7 Å². The van der Waals surface area contributed by atoms with Crippen molar-refractivity contribution in [3.05, 3.63) is 24.3 Å². The average molecular weight is 93.1 g/mol. The lowest BCUT2D eigenvalue weighted by Gasteiger charge is -1.74. The van der Waals surface area contributed by atoms with Gasteiger partial charge in [-0.15, -0.1) is 0 Å². The number of allylic oxidation sites excluding steroid dienone is 2. The molecule has 0 aromatic rings. The van der Waals surface area contributed by atoms with Gasteiger partial charge in [0.25, 0.3) is 0 Å². The van der Waals surface area contributed by atoms with Crippen molar-refractivity contribution >= 4 is 6.21 Å². The molecule has 0 fully saturated rings. The zero-order valence-corrected chi connectivity index (χ0v) is 4.09. The van der Waals surface area contributed by atoms with Crippen LogP contribution in [0.25, 0.3) is 0 Å². The molecule has 0 saturated carbocycles. The Morgan fingerprint density at radius 2 is 2.71 bits per heavy atom. The minimum Gasteiger partial charge on any atom is -0.288 e. The molecule has 1 heterocycles. The van der Waals surface area contributed by atoms with Crippen molar-refractivity contribution in [2.45, 2.75) is 0 Å². The molecule has 0 saturated heterocycles. The lowest BCUT2D eigenvalue weighted by molar-refractivity contribution is 1.29. The molecular weight excluding hydrogens is 86.1 g/mol. The number of hydrogen-bond donors (Lipinski definition) is 0. The number of aliphatic imine (C=N–C) groups is 1. The van der Waals surface area contributed by atoms with Gasteiger partial charge in [-0.05, 0) is 5.57 Å². The molecule has 0 bridgehead atoms. The fourth-order valence-electron chi connectivity index (χ4n) is 0.505. The van der Waals surface area contributed by atoms with Crippen molar-refractivity contribution in [2.24, 2.45) is 4.99 Å². The zero-order chi connectivity index (χ0) is 5.11. The molecule has 7 heavy (non-hydrogen) atoms. The third kappa shape index (κ3) is 0.769. The van der Waals surface area contributed by atoms with Gasteiger partial charge < -0.3 is 0 Å². The van der Waals surface area contributed by atoms with Crippen LogP contribution in [-0.4, -0.2) is 12.8 Å². The lowest BCUT2D eigenvalue weighted by Crippen LogP contribution is -1.67. The van der Waals surface area contributed by atoms with Crippen LogP contribution in [-0.2, 0) is 0 Å². The first kappa shape index (κ1) is 4.31. The quantitative estimate of drug-likeness (QED) is 0.461. The molecule has 1 aliphatic rings. The van der Waals surface area contributed by atoms with E-state index in [1.54, 1.807) is 6.08 Å². The molecule has 36 valence electrons. The van der Waals surface area contributed by atoms with Gasteiger partial charge in [0.15, 0.2) is 0 Å². The van der Waals surface area contributed by atoms with Crippen LogP contribution in [0.1, 0.15) is 0 Å². The van der Waals surface area contributed by atoms with Crippen LogP contribution >= 0.6 is 0 Å². The van der Waals surface area contributed by atoms with Crippen LogP contribution < -0.4 is 0 Å². The first-order valence-corrected chi connectivity index (χ1v) is 2.26. The van der Waals surface area contributed by atoms with Crippen LogP contribution in [0.15, 0.2) is 29.3 Å². The van der Waals surface area contributed by atoms with E-state index in [1.165, 1.54) is 0 Å². The Bertz CT molecular complexity index is 131. The summed E-state index contributed by atoms with van der Waals surface area (Å²) in [6.07, 6.45) is 5.66. The van der Waals surface area contributed by atoms with E-state index in [0.29, 0.717) is 0 Å². The molecule has 0 aromatic heterocycles. The minimum absolute atomic E-state index is 0.835. The van der Waals surface area contributed by atoms with Gasteiger partial charge in [0.1, 0.15) is 0 Å². The van der Waals surface area contributed by atoms with Crippen LogP contribution in [0.4, 0.5) is 0 Å². The van der Waals surface area contributed by atoms with Crippen molar-refractivity contribution < 1.29 is 0 Å². The van der Waals surface area contributed by atoms with Crippen LogP contribution in [0.3, 0.4) is 0 Å². The summed E-state index contributed by atoms with van der Waals surface area (Å²) in [5.41, 5.74) is 1.14. The average Bonchev–Trinajstić information content (AvgIpc) is 2.14. The fourth-order valence-corrected chi connectivity index (χ4v) is 0.505. The normalized spacial score (nSPS) is 16.9. The topological polar surface area (TPSA) is 12.4 Å². The third-order valence-electron chi connectivity index (χ3n) is 0.908. The third-order valence-corrected chi connectivity index (χ3v) is 0.908. The van der Waals surface area contributed by atoms with E-state index in [0.717, 1.165) is 12.1 Å². The Kier molecular flexibility index (Phi) is 1.07. The minimum atomic E-state index is 0.835. The Morgan fingerprint density at radius 3 is 3.00 bits per heavy atom. The summed E-state index contributed by atoms with van der Waals surface area (Å²) < 4.78 is 0. The molecule has 0 aromatic carbocycles. The molecule has 0 atom stereocenters. The first-order valence-electron chi connectivity index (χ1n) is 2.26. The highest BCUT2D eigenvalue weighted by atomic mass is 14.7. The van der Waals surface area contributed by atoms with Crippen molar-refractivity contribution in [3.8, 4) is 0 Å². The second-order valence-corrected chi connectivity index (χ2v) is 1.40. The fraction of sp³-hybridized carbons (Fsp3) is 0.167.